The van der Waals surface area contributed by atoms with Gasteiger partial charge in [-0.3, -0.25) is 0 Å². The van der Waals surface area contributed by atoms with E-state index in [1.165, 1.54) is 0 Å². The SMILES string of the molecule is CC(C)(C)OC(=O)N1CCC(CN)C12CC2. The van der Waals surface area contributed by atoms with Crippen molar-refractivity contribution in [3.05, 3.63) is 0 Å². The van der Waals surface area contributed by atoms with Crippen molar-refractivity contribution in [1.29, 1.82) is 0 Å². The minimum Gasteiger partial charge on any atom is -0.444 e. The fourth-order valence-corrected chi connectivity index (χ4v) is 2.73. The zero-order chi connectivity index (χ0) is 12.0. The molecule has 0 bridgehead atoms. The van der Waals surface area contributed by atoms with Crippen LogP contribution in [0, 0.1) is 5.92 Å². The number of carbonyl (C=O) groups excluding carboxylic acids is 1. The molecule has 1 aliphatic heterocycles. The van der Waals surface area contributed by atoms with Crippen LogP contribution in [0.25, 0.3) is 0 Å². The van der Waals surface area contributed by atoms with Gasteiger partial charge < -0.3 is 15.4 Å². The zero-order valence-corrected chi connectivity index (χ0v) is 10.5. The summed E-state index contributed by atoms with van der Waals surface area (Å²) in [7, 11) is 0. The Morgan fingerprint density at radius 3 is 2.56 bits per heavy atom. The summed E-state index contributed by atoms with van der Waals surface area (Å²) in [5, 5.41) is 0. The summed E-state index contributed by atoms with van der Waals surface area (Å²) in [5.74, 6) is 0.472. The van der Waals surface area contributed by atoms with E-state index >= 15 is 0 Å². The Kier molecular flexibility index (Phi) is 2.65. The molecule has 1 heterocycles. The lowest BCUT2D eigenvalue weighted by molar-refractivity contribution is 0.0181. The normalized spacial score (nSPS) is 27.2. The summed E-state index contributed by atoms with van der Waals surface area (Å²) < 4.78 is 5.44. The number of rotatable bonds is 1. The van der Waals surface area contributed by atoms with Gasteiger partial charge in [0.15, 0.2) is 0 Å². The summed E-state index contributed by atoms with van der Waals surface area (Å²) in [6.07, 6.45) is 3.04. The molecule has 92 valence electrons. The summed E-state index contributed by atoms with van der Waals surface area (Å²) in [4.78, 5) is 14.0. The molecule has 1 atom stereocenters. The number of hydrogen-bond donors (Lipinski definition) is 1. The minimum absolute atomic E-state index is 0.0527. The Hall–Kier alpha value is -0.770. The van der Waals surface area contributed by atoms with Gasteiger partial charge in [0.05, 0.1) is 5.54 Å². The third kappa shape index (κ3) is 1.90. The van der Waals surface area contributed by atoms with Crippen LogP contribution in [0.15, 0.2) is 0 Å². The molecular weight excluding hydrogens is 204 g/mol. The van der Waals surface area contributed by atoms with Crippen molar-refractivity contribution in [3.8, 4) is 0 Å². The van der Waals surface area contributed by atoms with Crippen LogP contribution < -0.4 is 5.73 Å². The van der Waals surface area contributed by atoms with Crippen LogP contribution in [0.2, 0.25) is 0 Å². The number of likely N-dealkylation sites (tertiary alicyclic amines) is 1. The summed E-state index contributed by atoms with van der Waals surface area (Å²) in [6, 6.07) is 0. The lowest BCUT2D eigenvalue weighted by atomic mass is 9.98. The van der Waals surface area contributed by atoms with Crippen LogP contribution in [0.3, 0.4) is 0 Å². The molecule has 0 aromatic rings. The molecule has 1 amide bonds. The average Bonchev–Trinajstić information content (AvgIpc) is 2.78. The smallest absolute Gasteiger partial charge is 0.410 e. The van der Waals surface area contributed by atoms with E-state index in [9.17, 15) is 4.79 Å². The number of hydrogen-bond acceptors (Lipinski definition) is 3. The van der Waals surface area contributed by atoms with E-state index in [1.54, 1.807) is 0 Å². The Morgan fingerprint density at radius 1 is 1.50 bits per heavy atom. The lowest BCUT2D eigenvalue weighted by Gasteiger charge is -2.30. The Labute approximate surface area is 97.1 Å². The molecule has 1 saturated heterocycles. The summed E-state index contributed by atoms with van der Waals surface area (Å²) >= 11 is 0. The first-order chi connectivity index (χ1) is 7.39. The number of carbonyl (C=O) groups is 1. The van der Waals surface area contributed by atoms with E-state index in [0.29, 0.717) is 12.5 Å². The van der Waals surface area contributed by atoms with Gasteiger partial charge in [-0.25, -0.2) is 4.79 Å². The molecule has 1 saturated carbocycles. The number of amides is 1. The van der Waals surface area contributed by atoms with Gasteiger partial charge in [0.25, 0.3) is 0 Å². The molecule has 0 aromatic carbocycles. The van der Waals surface area contributed by atoms with Crippen LogP contribution in [0.4, 0.5) is 4.79 Å². The third-order valence-corrected chi connectivity index (χ3v) is 3.66. The standard InChI is InChI=1S/C12H22N2O2/c1-11(2,3)16-10(15)14-7-4-9(8-13)12(14)5-6-12/h9H,4-8,13H2,1-3H3. The maximum absolute atomic E-state index is 12.0. The third-order valence-electron chi connectivity index (χ3n) is 3.66. The Morgan fingerprint density at radius 2 is 2.12 bits per heavy atom. The number of nitrogens with zero attached hydrogens (tertiary/aromatic N) is 1. The van der Waals surface area contributed by atoms with Crippen LogP contribution >= 0.6 is 0 Å². The first-order valence-corrected chi connectivity index (χ1v) is 6.10. The van der Waals surface area contributed by atoms with Crippen LogP contribution in [0.5, 0.6) is 0 Å². The first kappa shape index (κ1) is 11.7. The van der Waals surface area contributed by atoms with Gasteiger partial charge in [-0.05, 0) is 52.5 Å². The fraction of sp³-hybridized carbons (Fsp3) is 0.917. The molecule has 1 spiro atoms. The van der Waals surface area contributed by atoms with Crippen molar-refractivity contribution in [2.75, 3.05) is 13.1 Å². The number of ether oxygens (including phenoxy) is 1. The molecule has 0 radical (unpaired) electrons. The van der Waals surface area contributed by atoms with E-state index in [2.05, 4.69) is 0 Å². The van der Waals surface area contributed by atoms with Crippen molar-refractivity contribution < 1.29 is 9.53 Å². The molecule has 2 N–H and O–H groups in total. The fourth-order valence-electron chi connectivity index (χ4n) is 2.73. The van der Waals surface area contributed by atoms with Crippen LogP contribution in [-0.4, -0.2) is 35.2 Å². The largest absolute Gasteiger partial charge is 0.444 e. The second-order valence-corrected chi connectivity index (χ2v) is 5.96. The predicted molar refractivity (Wildman–Crippen MR) is 62.1 cm³/mol. The Balaban J connectivity index is 2.04. The van der Waals surface area contributed by atoms with Crippen molar-refractivity contribution in [3.63, 3.8) is 0 Å². The molecule has 2 rings (SSSR count). The molecular formula is C12H22N2O2. The molecule has 0 aromatic heterocycles. The van der Waals surface area contributed by atoms with Crippen molar-refractivity contribution in [2.45, 2.75) is 51.2 Å². The second-order valence-electron chi connectivity index (χ2n) is 5.96. The molecule has 4 heteroatoms. The predicted octanol–water partition coefficient (Wildman–Crippen LogP) is 1.73. The molecule has 4 nitrogen and oxygen atoms in total. The van der Waals surface area contributed by atoms with Crippen molar-refractivity contribution in [2.24, 2.45) is 11.7 Å². The average molecular weight is 226 g/mol. The topological polar surface area (TPSA) is 55.6 Å². The molecule has 2 fully saturated rings. The van der Waals surface area contributed by atoms with E-state index in [0.717, 1.165) is 25.8 Å². The van der Waals surface area contributed by atoms with E-state index in [1.807, 2.05) is 25.7 Å². The van der Waals surface area contributed by atoms with Crippen LogP contribution in [-0.2, 0) is 4.74 Å². The summed E-state index contributed by atoms with van der Waals surface area (Å²) in [5.41, 5.74) is 5.40. The quantitative estimate of drug-likeness (QED) is 0.741. The van der Waals surface area contributed by atoms with E-state index < -0.39 is 5.60 Å². The highest BCUT2D eigenvalue weighted by Crippen LogP contribution is 2.53. The van der Waals surface area contributed by atoms with Crippen LogP contribution in [0.1, 0.15) is 40.0 Å². The van der Waals surface area contributed by atoms with Gasteiger partial charge in [0.1, 0.15) is 5.60 Å². The summed E-state index contributed by atoms with van der Waals surface area (Å²) in [6.45, 7) is 7.19. The van der Waals surface area contributed by atoms with Gasteiger partial charge in [0, 0.05) is 6.54 Å². The van der Waals surface area contributed by atoms with E-state index in [-0.39, 0.29) is 11.6 Å². The van der Waals surface area contributed by atoms with Crippen molar-refractivity contribution in [1.82, 2.24) is 4.90 Å². The highest BCUT2D eigenvalue weighted by molar-refractivity contribution is 5.70. The van der Waals surface area contributed by atoms with Gasteiger partial charge >= 0.3 is 6.09 Å². The van der Waals surface area contributed by atoms with Crippen molar-refractivity contribution >= 4 is 6.09 Å². The molecule has 2 aliphatic rings. The monoisotopic (exact) mass is 226 g/mol. The van der Waals surface area contributed by atoms with E-state index in [4.69, 9.17) is 10.5 Å². The molecule has 1 aliphatic carbocycles. The van der Waals surface area contributed by atoms with Gasteiger partial charge in [-0.15, -0.1) is 0 Å². The Bertz CT molecular complexity index is 292. The zero-order valence-electron chi connectivity index (χ0n) is 10.5. The lowest BCUT2D eigenvalue weighted by Crippen LogP contribution is -2.44. The maximum Gasteiger partial charge on any atom is 0.410 e. The highest BCUT2D eigenvalue weighted by atomic mass is 16.6. The maximum atomic E-state index is 12.0. The second kappa shape index (κ2) is 3.62. The van der Waals surface area contributed by atoms with Gasteiger partial charge in [-0.2, -0.15) is 0 Å². The highest BCUT2D eigenvalue weighted by Gasteiger charge is 2.59. The van der Waals surface area contributed by atoms with Gasteiger partial charge in [-0.1, -0.05) is 0 Å². The molecule has 16 heavy (non-hydrogen) atoms. The first-order valence-electron chi connectivity index (χ1n) is 6.10. The number of nitrogens with two attached hydrogens (primary N) is 1. The molecule has 1 unspecified atom stereocenters. The minimum atomic E-state index is -0.409. The van der Waals surface area contributed by atoms with Gasteiger partial charge in [0.2, 0.25) is 0 Å².